The number of primary amides is 1. The van der Waals surface area contributed by atoms with Crippen LogP contribution >= 0.6 is 0 Å². The highest BCUT2D eigenvalue weighted by atomic mass is 16.2. The largest absolute Gasteiger partial charge is 0.368 e. The Bertz CT molecular complexity index is 484. The van der Waals surface area contributed by atoms with Crippen molar-refractivity contribution in [3.05, 3.63) is 32.6 Å². The molecule has 1 heterocycles. The summed E-state index contributed by atoms with van der Waals surface area (Å²) in [6.07, 6.45) is 1.37. The lowest BCUT2D eigenvalue weighted by Gasteiger charge is -2.07. The highest BCUT2D eigenvalue weighted by molar-refractivity contribution is 5.73. The molecule has 0 aromatic carbocycles. The number of amides is 1. The SMILES string of the molecule is CC(C)c1cn(CC(N)=O)c(=O)[nH]c1=O. The minimum atomic E-state index is -0.626. The number of aromatic nitrogens is 2. The first-order chi connectivity index (χ1) is 6.91. The van der Waals surface area contributed by atoms with E-state index >= 15 is 0 Å². The molecule has 1 rings (SSSR count). The second-order valence-corrected chi connectivity index (χ2v) is 3.59. The number of rotatable bonds is 3. The average molecular weight is 211 g/mol. The summed E-state index contributed by atoms with van der Waals surface area (Å²) in [4.78, 5) is 35.4. The molecule has 1 aromatic heterocycles. The quantitative estimate of drug-likeness (QED) is 0.681. The Balaban J connectivity index is 3.30. The fourth-order valence-corrected chi connectivity index (χ4v) is 1.22. The third-order valence-electron chi connectivity index (χ3n) is 1.99. The summed E-state index contributed by atoms with van der Waals surface area (Å²) >= 11 is 0. The fourth-order valence-electron chi connectivity index (χ4n) is 1.22. The number of hydrogen-bond acceptors (Lipinski definition) is 3. The van der Waals surface area contributed by atoms with E-state index in [-0.39, 0.29) is 12.5 Å². The van der Waals surface area contributed by atoms with Gasteiger partial charge in [-0.1, -0.05) is 13.8 Å². The number of H-pyrrole nitrogens is 1. The van der Waals surface area contributed by atoms with Crippen LogP contribution in [0.4, 0.5) is 0 Å². The Hall–Kier alpha value is -1.85. The van der Waals surface area contributed by atoms with E-state index < -0.39 is 17.2 Å². The van der Waals surface area contributed by atoms with Crippen LogP contribution in [0.5, 0.6) is 0 Å². The second-order valence-electron chi connectivity index (χ2n) is 3.59. The summed E-state index contributed by atoms with van der Waals surface area (Å²) in [5, 5.41) is 0. The highest BCUT2D eigenvalue weighted by Crippen LogP contribution is 2.06. The van der Waals surface area contributed by atoms with E-state index in [2.05, 4.69) is 4.98 Å². The Morgan fingerprint density at radius 3 is 2.60 bits per heavy atom. The van der Waals surface area contributed by atoms with Crippen molar-refractivity contribution < 1.29 is 4.79 Å². The normalized spacial score (nSPS) is 10.6. The van der Waals surface area contributed by atoms with Gasteiger partial charge in [0.2, 0.25) is 5.91 Å². The van der Waals surface area contributed by atoms with Crippen molar-refractivity contribution in [3.8, 4) is 0 Å². The molecule has 6 heteroatoms. The fraction of sp³-hybridized carbons (Fsp3) is 0.444. The topological polar surface area (TPSA) is 97.9 Å². The maximum Gasteiger partial charge on any atom is 0.328 e. The van der Waals surface area contributed by atoms with Gasteiger partial charge in [0.15, 0.2) is 0 Å². The number of aromatic amines is 1. The van der Waals surface area contributed by atoms with Gasteiger partial charge in [-0.3, -0.25) is 19.1 Å². The molecular formula is C9H13N3O3. The molecule has 0 saturated heterocycles. The first kappa shape index (κ1) is 11.2. The molecule has 0 atom stereocenters. The van der Waals surface area contributed by atoms with Gasteiger partial charge in [-0.15, -0.1) is 0 Å². The minimum Gasteiger partial charge on any atom is -0.368 e. The maximum absolute atomic E-state index is 11.3. The van der Waals surface area contributed by atoms with Gasteiger partial charge in [-0.25, -0.2) is 4.79 Å². The first-order valence-corrected chi connectivity index (χ1v) is 4.53. The highest BCUT2D eigenvalue weighted by Gasteiger charge is 2.09. The molecular weight excluding hydrogens is 198 g/mol. The van der Waals surface area contributed by atoms with Crippen molar-refractivity contribution in [2.24, 2.45) is 5.73 Å². The second kappa shape index (κ2) is 4.12. The summed E-state index contributed by atoms with van der Waals surface area (Å²) in [5.41, 5.74) is 4.38. The molecule has 0 spiro atoms. The molecule has 1 aromatic rings. The smallest absolute Gasteiger partial charge is 0.328 e. The molecule has 6 nitrogen and oxygen atoms in total. The van der Waals surface area contributed by atoms with E-state index in [1.54, 1.807) is 0 Å². The van der Waals surface area contributed by atoms with Crippen LogP contribution in [0, 0.1) is 0 Å². The lowest BCUT2D eigenvalue weighted by Crippen LogP contribution is -2.35. The van der Waals surface area contributed by atoms with E-state index in [0.29, 0.717) is 5.56 Å². The summed E-state index contributed by atoms with van der Waals surface area (Å²) in [7, 11) is 0. The van der Waals surface area contributed by atoms with Crippen LogP contribution in [0.2, 0.25) is 0 Å². The van der Waals surface area contributed by atoms with Gasteiger partial charge in [0.1, 0.15) is 6.54 Å². The van der Waals surface area contributed by atoms with Crippen molar-refractivity contribution in [1.82, 2.24) is 9.55 Å². The van der Waals surface area contributed by atoms with Gasteiger partial charge in [0.25, 0.3) is 5.56 Å². The van der Waals surface area contributed by atoms with Crippen LogP contribution in [0.3, 0.4) is 0 Å². The minimum absolute atomic E-state index is 0.0199. The standard InChI is InChI=1S/C9H13N3O3/c1-5(2)6-3-12(4-7(10)13)9(15)11-8(6)14/h3,5H,4H2,1-2H3,(H2,10,13)(H,11,14,15). The van der Waals surface area contributed by atoms with Crippen LogP contribution in [-0.2, 0) is 11.3 Å². The van der Waals surface area contributed by atoms with Gasteiger partial charge in [-0.05, 0) is 5.92 Å². The molecule has 0 radical (unpaired) electrons. The van der Waals surface area contributed by atoms with E-state index in [0.717, 1.165) is 4.57 Å². The number of carbonyl (C=O) groups is 1. The third-order valence-corrected chi connectivity index (χ3v) is 1.99. The van der Waals surface area contributed by atoms with Crippen LogP contribution < -0.4 is 17.0 Å². The number of carbonyl (C=O) groups excluding carboxylic acids is 1. The molecule has 0 bridgehead atoms. The summed E-state index contributed by atoms with van der Waals surface area (Å²) in [6, 6.07) is 0. The Kier molecular flexibility index (Phi) is 3.08. The molecule has 0 saturated carbocycles. The number of nitrogens with one attached hydrogen (secondary N) is 1. The van der Waals surface area contributed by atoms with Crippen molar-refractivity contribution in [2.45, 2.75) is 26.3 Å². The zero-order valence-electron chi connectivity index (χ0n) is 8.61. The van der Waals surface area contributed by atoms with E-state index in [9.17, 15) is 14.4 Å². The zero-order chi connectivity index (χ0) is 11.6. The van der Waals surface area contributed by atoms with Crippen LogP contribution in [0.25, 0.3) is 0 Å². The predicted octanol–water partition coefficient (Wildman–Crippen LogP) is -0.855. The van der Waals surface area contributed by atoms with Crippen molar-refractivity contribution >= 4 is 5.91 Å². The molecule has 0 aliphatic rings. The monoisotopic (exact) mass is 211 g/mol. The van der Waals surface area contributed by atoms with Gasteiger partial charge in [0, 0.05) is 11.8 Å². The van der Waals surface area contributed by atoms with E-state index in [1.807, 2.05) is 13.8 Å². The lowest BCUT2D eigenvalue weighted by atomic mass is 10.1. The van der Waals surface area contributed by atoms with Gasteiger partial charge in [0.05, 0.1) is 0 Å². The molecule has 82 valence electrons. The summed E-state index contributed by atoms with van der Waals surface area (Å²) < 4.78 is 1.10. The van der Waals surface area contributed by atoms with Crippen molar-refractivity contribution in [2.75, 3.05) is 0 Å². The Morgan fingerprint density at radius 2 is 2.13 bits per heavy atom. The van der Waals surface area contributed by atoms with E-state index in [4.69, 9.17) is 5.73 Å². The van der Waals surface area contributed by atoms with Crippen LogP contribution in [0.15, 0.2) is 15.8 Å². The molecule has 3 N–H and O–H groups in total. The van der Waals surface area contributed by atoms with Crippen LogP contribution in [-0.4, -0.2) is 15.5 Å². The molecule has 15 heavy (non-hydrogen) atoms. The lowest BCUT2D eigenvalue weighted by molar-refractivity contribution is -0.118. The first-order valence-electron chi connectivity index (χ1n) is 4.53. The van der Waals surface area contributed by atoms with Crippen molar-refractivity contribution in [1.29, 1.82) is 0 Å². The van der Waals surface area contributed by atoms with Crippen LogP contribution in [0.1, 0.15) is 25.3 Å². The molecule has 0 aliphatic carbocycles. The number of hydrogen-bond donors (Lipinski definition) is 2. The predicted molar refractivity (Wildman–Crippen MR) is 54.6 cm³/mol. The third kappa shape index (κ3) is 2.55. The van der Waals surface area contributed by atoms with E-state index in [1.165, 1.54) is 6.20 Å². The van der Waals surface area contributed by atoms with Gasteiger partial charge >= 0.3 is 5.69 Å². The van der Waals surface area contributed by atoms with Gasteiger partial charge in [-0.2, -0.15) is 0 Å². The average Bonchev–Trinajstić information content (AvgIpc) is 2.08. The Morgan fingerprint density at radius 1 is 1.53 bits per heavy atom. The number of nitrogens with zero attached hydrogens (tertiary/aromatic N) is 1. The number of nitrogens with two attached hydrogens (primary N) is 1. The summed E-state index contributed by atoms with van der Waals surface area (Å²) in [6.45, 7) is 3.42. The molecule has 0 aliphatic heterocycles. The van der Waals surface area contributed by atoms with Gasteiger partial charge < -0.3 is 5.73 Å². The zero-order valence-corrected chi connectivity index (χ0v) is 8.61. The molecule has 0 fully saturated rings. The Labute approximate surface area is 85.7 Å². The molecule has 0 unspecified atom stereocenters. The summed E-state index contributed by atoms with van der Waals surface area (Å²) in [5.74, 6) is -0.646. The molecule has 1 amide bonds. The maximum atomic E-state index is 11.3. The van der Waals surface area contributed by atoms with Crippen molar-refractivity contribution in [3.63, 3.8) is 0 Å².